The summed E-state index contributed by atoms with van der Waals surface area (Å²) < 4.78 is 0. The smallest absolute Gasteiger partial charge is 0.303 e. The quantitative estimate of drug-likeness (QED) is 0.328. The summed E-state index contributed by atoms with van der Waals surface area (Å²) in [6.45, 7) is 7.67. The molecule has 0 spiro atoms. The van der Waals surface area contributed by atoms with E-state index in [0.29, 0.717) is 11.4 Å². The van der Waals surface area contributed by atoms with Crippen molar-refractivity contribution in [3.8, 4) is 0 Å². The standard InChI is InChI=1S/C11H23N3O4/c1-9(8-10(15)16)6-7-18-12-14(17)13(5)11(2,3)4/h9H,6-8H2,1-5H3,(H,15,16)/b14-12-. The number of hydrazine groups is 1. The van der Waals surface area contributed by atoms with E-state index in [9.17, 15) is 10.0 Å². The first-order valence-corrected chi connectivity index (χ1v) is 5.90. The van der Waals surface area contributed by atoms with E-state index in [1.807, 2.05) is 27.7 Å². The van der Waals surface area contributed by atoms with Crippen LogP contribution in [0.1, 0.15) is 40.5 Å². The maximum absolute atomic E-state index is 11.5. The minimum atomic E-state index is -0.836. The lowest BCUT2D eigenvalue weighted by atomic mass is 10.1. The number of carboxylic acid groups (broad SMARTS) is 1. The van der Waals surface area contributed by atoms with E-state index < -0.39 is 5.97 Å². The first-order chi connectivity index (χ1) is 8.14. The van der Waals surface area contributed by atoms with Gasteiger partial charge in [0.1, 0.15) is 6.61 Å². The summed E-state index contributed by atoms with van der Waals surface area (Å²) in [5.41, 5.74) is -0.342. The maximum atomic E-state index is 11.5. The molecule has 0 aromatic carbocycles. The highest BCUT2D eigenvalue weighted by Gasteiger charge is 2.24. The van der Waals surface area contributed by atoms with Crippen LogP contribution in [0.25, 0.3) is 0 Å². The molecule has 7 heteroatoms. The van der Waals surface area contributed by atoms with Crippen LogP contribution in [-0.4, -0.2) is 40.2 Å². The Hall–Kier alpha value is -1.53. The molecular formula is C11H23N3O4. The average Bonchev–Trinajstić information content (AvgIpc) is 2.20. The second kappa shape index (κ2) is 7.03. The zero-order valence-electron chi connectivity index (χ0n) is 11.7. The normalized spacial score (nSPS) is 14.2. The van der Waals surface area contributed by atoms with Crippen molar-refractivity contribution in [3.05, 3.63) is 5.21 Å². The van der Waals surface area contributed by atoms with Crippen LogP contribution in [0.15, 0.2) is 5.28 Å². The van der Waals surface area contributed by atoms with E-state index in [1.165, 1.54) is 5.01 Å². The van der Waals surface area contributed by atoms with Gasteiger partial charge in [-0.25, -0.2) is 0 Å². The molecule has 0 radical (unpaired) electrons. The number of rotatable bonds is 7. The Labute approximate surface area is 108 Å². The molecule has 1 N–H and O–H groups in total. The van der Waals surface area contributed by atoms with Gasteiger partial charge in [-0.05, 0) is 33.1 Å². The summed E-state index contributed by atoms with van der Waals surface area (Å²) >= 11 is 0. The predicted octanol–water partition coefficient (Wildman–Crippen LogP) is 2.03. The second-order valence-electron chi connectivity index (χ2n) is 5.35. The van der Waals surface area contributed by atoms with Crippen LogP contribution in [0.5, 0.6) is 0 Å². The molecule has 18 heavy (non-hydrogen) atoms. The molecule has 1 unspecified atom stereocenters. The van der Waals surface area contributed by atoms with Gasteiger partial charge in [-0.15, -0.1) is 5.01 Å². The van der Waals surface area contributed by atoms with Crippen molar-refractivity contribution in [2.45, 2.75) is 46.1 Å². The van der Waals surface area contributed by atoms with Crippen molar-refractivity contribution in [1.29, 1.82) is 0 Å². The number of carbonyl (C=O) groups is 1. The molecule has 1 atom stereocenters. The highest BCUT2D eigenvalue weighted by atomic mass is 16.7. The van der Waals surface area contributed by atoms with Gasteiger partial charge in [0.15, 0.2) is 0 Å². The number of hydrogen-bond donors (Lipinski definition) is 1. The van der Waals surface area contributed by atoms with Gasteiger partial charge in [0, 0.05) is 6.42 Å². The van der Waals surface area contributed by atoms with Crippen LogP contribution in [0, 0.1) is 11.1 Å². The van der Waals surface area contributed by atoms with Crippen LogP contribution in [-0.2, 0) is 9.63 Å². The SMILES string of the molecule is CC(CCO/N=[N+](\[O-])N(C)C(C)(C)C)CC(=O)O. The number of hydrogen-bond acceptors (Lipinski definition) is 4. The van der Waals surface area contributed by atoms with Crippen LogP contribution in [0.2, 0.25) is 0 Å². The van der Waals surface area contributed by atoms with E-state index in [2.05, 4.69) is 5.28 Å². The van der Waals surface area contributed by atoms with E-state index >= 15 is 0 Å². The highest BCUT2D eigenvalue weighted by Crippen LogP contribution is 2.11. The van der Waals surface area contributed by atoms with Gasteiger partial charge in [0.05, 0.1) is 17.6 Å². The van der Waals surface area contributed by atoms with Crippen molar-refractivity contribution >= 4 is 5.97 Å². The summed E-state index contributed by atoms with van der Waals surface area (Å²) in [6.07, 6.45) is 0.634. The first kappa shape index (κ1) is 16.5. The number of carboxylic acids is 1. The van der Waals surface area contributed by atoms with Gasteiger partial charge in [-0.1, -0.05) is 6.92 Å². The lowest BCUT2D eigenvalue weighted by Gasteiger charge is -2.26. The Kier molecular flexibility index (Phi) is 6.43. The van der Waals surface area contributed by atoms with Crippen LogP contribution >= 0.6 is 0 Å². The van der Waals surface area contributed by atoms with Crippen molar-refractivity contribution < 1.29 is 19.7 Å². The van der Waals surface area contributed by atoms with Crippen molar-refractivity contribution in [1.82, 2.24) is 5.01 Å². The molecule has 0 bridgehead atoms. The zero-order valence-corrected chi connectivity index (χ0v) is 11.7. The van der Waals surface area contributed by atoms with Gasteiger partial charge in [-0.3, -0.25) is 4.79 Å². The minimum Gasteiger partial charge on any atom is -0.569 e. The molecule has 0 saturated carbocycles. The van der Waals surface area contributed by atoms with Gasteiger partial charge in [-0.2, -0.15) is 0 Å². The Morgan fingerprint density at radius 3 is 2.56 bits per heavy atom. The lowest BCUT2D eigenvalue weighted by molar-refractivity contribution is -0.719. The molecule has 0 aliphatic rings. The molecule has 0 amide bonds. The minimum absolute atomic E-state index is 0.00172. The number of nitrogens with zero attached hydrogens (tertiary/aromatic N) is 3. The molecule has 106 valence electrons. The fourth-order valence-electron chi connectivity index (χ4n) is 1.06. The summed E-state index contributed by atoms with van der Waals surface area (Å²) in [5, 5.41) is 24.8. The predicted molar refractivity (Wildman–Crippen MR) is 65.6 cm³/mol. The molecule has 0 rings (SSSR count). The highest BCUT2D eigenvalue weighted by molar-refractivity contribution is 5.66. The van der Waals surface area contributed by atoms with E-state index in [4.69, 9.17) is 9.94 Å². The average molecular weight is 261 g/mol. The van der Waals surface area contributed by atoms with E-state index in [1.54, 1.807) is 7.05 Å². The van der Waals surface area contributed by atoms with E-state index in [0.717, 1.165) is 0 Å². The van der Waals surface area contributed by atoms with Crippen molar-refractivity contribution in [2.75, 3.05) is 13.7 Å². The Morgan fingerprint density at radius 1 is 1.56 bits per heavy atom. The third-order valence-corrected chi connectivity index (χ3v) is 2.58. The van der Waals surface area contributed by atoms with Crippen molar-refractivity contribution in [2.24, 2.45) is 11.2 Å². The summed E-state index contributed by atoms with van der Waals surface area (Å²) in [5.74, 6) is -0.837. The molecule has 0 heterocycles. The van der Waals surface area contributed by atoms with Crippen LogP contribution < -0.4 is 0 Å². The van der Waals surface area contributed by atoms with Gasteiger partial charge >= 0.3 is 5.97 Å². The third-order valence-electron chi connectivity index (χ3n) is 2.58. The molecule has 0 aliphatic heterocycles. The summed E-state index contributed by atoms with van der Waals surface area (Å²) in [6, 6.07) is 0. The van der Waals surface area contributed by atoms with Crippen LogP contribution in [0.4, 0.5) is 0 Å². The summed E-state index contributed by atoms with van der Waals surface area (Å²) in [4.78, 5) is 15.7. The lowest BCUT2D eigenvalue weighted by Crippen LogP contribution is -2.42. The number of aliphatic carboxylic acids is 1. The first-order valence-electron chi connectivity index (χ1n) is 5.90. The topological polar surface area (TPSA) is 88.2 Å². The molecular weight excluding hydrogens is 238 g/mol. The molecule has 0 saturated heterocycles. The monoisotopic (exact) mass is 261 g/mol. The molecule has 0 aromatic heterocycles. The fraction of sp³-hybridized carbons (Fsp3) is 0.909. The largest absolute Gasteiger partial charge is 0.569 e. The zero-order chi connectivity index (χ0) is 14.3. The Balaban J connectivity index is 3.99. The second-order valence-corrected chi connectivity index (χ2v) is 5.35. The van der Waals surface area contributed by atoms with Gasteiger partial charge < -0.3 is 15.2 Å². The van der Waals surface area contributed by atoms with Crippen molar-refractivity contribution in [3.63, 3.8) is 0 Å². The van der Waals surface area contributed by atoms with Crippen LogP contribution in [0.3, 0.4) is 0 Å². The van der Waals surface area contributed by atoms with Gasteiger partial charge in [0.2, 0.25) is 5.28 Å². The Morgan fingerprint density at radius 2 is 2.11 bits per heavy atom. The molecule has 7 nitrogen and oxygen atoms in total. The van der Waals surface area contributed by atoms with Gasteiger partial charge in [0.25, 0.3) is 0 Å². The Bertz CT molecular complexity index is 299. The molecule has 0 aliphatic carbocycles. The summed E-state index contributed by atoms with van der Waals surface area (Å²) in [7, 11) is 1.62. The molecule has 0 fully saturated rings. The van der Waals surface area contributed by atoms with E-state index in [-0.39, 0.29) is 24.5 Å². The fourth-order valence-corrected chi connectivity index (χ4v) is 1.06. The maximum Gasteiger partial charge on any atom is 0.303 e. The third kappa shape index (κ3) is 6.93. The molecule has 0 aromatic rings.